The Morgan fingerprint density at radius 3 is 2.48 bits per heavy atom. The predicted octanol–water partition coefficient (Wildman–Crippen LogP) is 4.08. The normalized spacial score (nSPS) is 27.8. The lowest BCUT2D eigenvalue weighted by Gasteiger charge is -2.56. The molecular weight excluding hydrogens is 422 g/mol. The topological polar surface area (TPSA) is 69.6 Å². The van der Waals surface area contributed by atoms with E-state index in [0.29, 0.717) is 60.6 Å². The fourth-order valence-electron chi connectivity index (χ4n) is 6.92. The average molecular weight is 456 g/mol. The summed E-state index contributed by atoms with van der Waals surface area (Å²) >= 11 is 0. The lowest BCUT2D eigenvalue weighted by atomic mass is 9.53. The number of nitrogens with zero attached hydrogens (tertiary/aromatic N) is 1. The third-order valence-electron chi connectivity index (χ3n) is 7.84. The Hall–Kier alpha value is -2.41. The molecule has 0 unspecified atom stereocenters. The number of hydrogen-bond donors (Lipinski definition) is 1. The summed E-state index contributed by atoms with van der Waals surface area (Å²) in [5, 5.41) is 3.78. The van der Waals surface area contributed by atoms with Crippen molar-refractivity contribution in [3.8, 4) is 5.75 Å². The van der Waals surface area contributed by atoms with E-state index in [2.05, 4.69) is 5.32 Å². The number of aromatic nitrogens is 1. The van der Waals surface area contributed by atoms with Crippen LogP contribution in [0.25, 0.3) is 10.9 Å². The Labute approximate surface area is 193 Å². The molecule has 1 heterocycles. The number of alkyl halides is 1. The zero-order valence-electron chi connectivity index (χ0n) is 19.3. The van der Waals surface area contributed by atoms with E-state index in [9.17, 15) is 14.0 Å². The minimum absolute atomic E-state index is 0.162. The first-order valence-corrected chi connectivity index (χ1v) is 12.2. The maximum absolute atomic E-state index is 13.5. The lowest BCUT2D eigenvalue weighted by Crippen LogP contribution is -2.60. The Bertz CT molecular complexity index is 1060. The second-order valence-corrected chi connectivity index (χ2v) is 10.2. The minimum Gasteiger partial charge on any atom is -0.495 e. The zero-order chi connectivity index (χ0) is 23.0. The third-order valence-corrected chi connectivity index (χ3v) is 7.84. The van der Waals surface area contributed by atoms with Gasteiger partial charge >= 0.3 is 0 Å². The monoisotopic (exact) mass is 455 g/mol. The second kappa shape index (κ2) is 9.09. The maximum Gasteiger partial charge on any atom is 0.257 e. The SMILES string of the molecule is COc1cccc2c(=O)c(C(=O)NC34CC5CC(CC(C5)C3)C4)cn(CCOCCC[18F])c12. The standard InChI is InChI=1S/C26H33FN2O4/c1-32-22-5-2-4-20-23(22)29(7-9-33-8-3-6-27)16-21(24(20)30)25(31)28-26-13-17-10-18(14-26)12-19(11-17)15-26/h2,4-5,16-19H,3,6-15H2,1H3,(H,28,31)/i27-1. The number of methoxy groups -OCH3 is 1. The highest BCUT2D eigenvalue weighted by atomic mass is 18.2. The highest BCUT2D eigenvalue weighted by Gasteiger charge is 2.51. The molecule has 2 aromatic rings. The van der Waals surface area contributed by atoms with E-state index in [1.807, 2.05) is 4.57 Å². The van der Waals surface area contributed by atoms with Gasteiger partial charge in [-0.2, -0.15) is 0 Å². The number of ether oxygens (including phenoxy) is 2. The maximum atomic E-state index is 13.5. The molecule has 0 radical (unpaired) electrons. The number of benzene rings is 1. The quantitative estimate of drug-likeness (QED) is 0.579. The van der Waals surface area contributed by atoms with Gasteiger partial charge in [-0.1, -0.05) is 6.07 Å². The summed E-state index contributed by atoms with van der Waals surface area (Å²) in [5.41, 5.74) is 0.364. The number of pyridine rings is 1. The van der Waals surface area contributed by atoms with Crippen LogP contribution in [0.5, 0.6) is 5.75 Å². The molecule has 6 nitrogen and oxygen atoms in total. The Morgan fingerprint density at radius 1 is 1.15 bits per heavy atom. The Balaban J connectivity index is 1.45. The van der Waals surface area contributed by atoms with Crippen LogP contribution in [0.15, 0.2) is 29.2 Å². The number of carbonyl (C=O) groups excluding carboxylic acids is 1. The number of rotatable bonds is 9. The number of hydrogen-bond acceptors (Lipinski definition) is 4. The van der Waals surface area contributed by atoms with Crippen molar-refractivity contribution in [1.82, 2.24) is 9.88 Å². The Kier molecular flexibility index (Phi) is 6.16. The molecule has 4 aliphatic rings. The van der Waals surface area contributed by atoms with Crippen molar-refractivity contribution in [2.75, 3.05) is 27.0 Å². The summed E-state index contributed by atoms with van der Waals surface area (Å²) in [6.45, 7) is 0.710. The van der Waals surface area contributed by atoms with E-state index < -0.39 is 6.67 Å². The van der Waals surface area contributed by atoms with Crippen LogP contribution in [0.1, 0.15) is 55.3 Å². The molecule has 0 spiro atoms. The molecule has 33 heavy (non-hydrogen) atoms. The van der Waals surface area contributed by atoms with Crippen LogP contribution in [0.4, 0.5) is 4.39 Å². The number of carbonyl (C=O) groups is 1. The van der Waals surface area contributed by atoms with Crippen molar-refractivity contribution in [1.29, 1.82) is 0 Å². The van der Waals surface area contributed by atoms with Gasteiger partial charge < -0.3 is 19.4 Å². The van der Waals surface area contributed by atoms with Crippen molar-refractivity contribution in [3.05, 3.63) is 40.2 Å². The van der Waals surface area contributed by atoms with Gasteiger partial charge in [0.25, 0.3) is 5.91 Å². The molecule has 6 rings (SSSR count). The molecule has 1 N–H and O–H groups in total. The number of fused-ring (bicyclic) bond motifs is 1. The van der Waals surface area contributed by atoms with Gasteiger partial charge in [0.15, 0.2) is 0 Å². The highest BCUT2D eigenvalue weighted by Crippen LogP contribution is 2.55. The number of para-hydroxylation sites is 1. The zero-order valence-corrected chi connectivity index (χ0v) is 19.3. The van der Waals surface area contributed by atoms with Gasteiger partial charge in [0.05, 0.1) is 31.3 Å². The summed E-state index contributed by atoms with van der Waals surface area (Å²) in [6, 6.07) is 5.31. The van der Waals surface area contributed by atoms with Gasteiger partial charge in [-0.3, -0.25) is 14.0 Å². The van der Waals surface area contributed by atoms with Crippen LogP contribution in [0.2, 0.25) is 0 Å². The number of nitrogens with one attached hydrogen (secondary N) is 1. The molecule has 0 saturated heterocycles. The van der Waals surface area contributed by atoms with Crippen LogP contribution in [0.3, 0.4) is 0 Å². The predicted molar refractivity (Wildman–Crippen MR) is 125 cm³/mol. The summed E-state index contributed by atoms with van der Waals surface area (Å²) in [4.78, 5) is 26.9. The largest absolute Gasteiger partial charge is 0.495 e. The summed E-state index contributed by atoms with van der Waals surface area (Å²) < 4.78 is 25.3. The van der Waals surface area contributed by atoms with Crippen molar-refractivity contribution in [2.24, 2.45) is 17.8 Å². The average Bonchev–Trinajstić information content (AvgIpc) is 2.78. The van der Waals surface area contributed by atoms with Crippen molar-refractivity contribution >= 4 is 16.8 Å². The molecule has 7 heteroatoms. The molecule has 4 bridgehead atoms. The molecule has 4 aliphatic carbocycles. The third kappa shape index (κ3) is 4.27. The van der Waals surface area contributed by atoms with Gasteiger partial charge in [0, 0.05) is 24.9 Å². The molecule has 178 valence electrons. The van der Waals surface area contributed by atoms with E-state index in [0.717, 1.165) is 19.3 Å². The van der Waals surface area contributed by atoms with Crippen LogP contribution >= 0.6 is 0 Å². The summed E-state index contributed by atoms with van der Waals surface area (Å²) in [6.07, 6.45) is 8.96. The second-order valence-electron chi connectivity index (χ2n) is 10.2. The van der Waals surface area contributed by atoms with Gasteiger partial charge in [0.1, 0.15) is 11.3 Å². The highest BCUT2D eigenvalue weighted by molar-refractivity contribution is 5.98. The molecule has 4 fully saturated rings. The fourth-order valence-corrected chi connectivity index (χ4v) is 6.92. The first kappa shape index (κ1) is 22.4. The van der Waals surface area contributed by atoms with Gasteiger partial charge in [-0.15, -0.1) is 0 Å². The first-order valence-electron chi connectivity index (χ1n) is 12.2. The molecule has 0 atom stereocenters. The van der Waals surface area contributed by atoms with Crippen LogP contribution in [-0.2, 0) is 11.3 Å². The molecule has 1 amide bonds. The van der Waals surface area contributed by atoms with Crippen molar-refractivity contribution in [3.63, 3.8) is 0 Å². The number of amides is 1. The van der Waals surface area contributed by atoms with Crippen molar-refractivity contribution in [2.45, 2.75) is 57.0 Å². The fraction of sp³-hybridized carbons (Fsp3) is 0.615. The van der Waals surface area contributed by atoms with Crippen LogP contribution in [-0.4, -0.2) is 43.0 Å². The van der Waals surface area contributed by atoms with Crippen molar-refractivity contribution < 1.29 is 18.7 Å². The molecule has 0 aliphatic heterocycles. The summed E-state index contributed by atoms with van der Waals surface area (Å²) in [5.74, 6) is 2.40. The lowest BCUT2D eigenvalue weighted by molar-refractivity contribution is -0.0167. The van der Waals surface area contributed by atoms with E-state index in [1.54, 1.807) is 31.5 Å². The summed E-state index contributed by atoms with van der Waals surface area (Å²) in [7, 11) is 1.56. The number of halogens is 1. The van der Waals surface area contributed by atoms with Gasteiger partial charge in [-0.25, -0.2) is 0 Å². The van der Waals surface area contributed by atoms with Gasteiger partial charge in [0.2, 0.25) is 5.43 Å². The van der Waals surface area contributed by atoms with E-state index in [4.69, 9.17) is 9.47 Å². The first-order chi connectivity index (χ1) is 16.0. The van der Waals surface area contributed by atoms with Gasteiger partial charge in [-0.05, 0) is 74.8 Å². The van der Waals surface area contributed by atoms with Crippen LogP contribution < -0.4 is 15.5 Å². The van der Waals surface area contributed by atoms with Crippen LogP contribution in [0, 0.1) is 17.8 Å². The Morgan fingerprint density at radius 2 is 1.85 bits per heavy atom. The van der Waals surface area contributed by atoms with E-state index in [1.165, 1.54) is 19.3 Å². The van der Waals surface area contributed by atoms with E-state index >= 15 is 0 Å². The molecule has 1 aromatic heterocycles. The smallest absolute Gasteiger partial charge is 0.257 e. The van der Waals surface area contributed by atoms with E-state index in [-0.39, 0.29) is 22.4 Å². The molecule has 1 aromatic carbocycles. The minimum atomic E-state index is -0.413. The molecular formula is C26H33FN2O4. The molecule has 4 saturated carbocycles.